The van der Waals surface area contributed by atoms with Crippen molar-refractivity contribution in [3.05, 3.63) is 0 Å². The summed E-state index contributed by atoms with van der Waals surface area (Å²) in [6.45, 7) is 2.21. The maximum Gasteiger partial charge on any atom is 0.692 e. The molecule has 0 bridgehead atoms. The zero-order valence-corrected chi connectivity index (χ0v) is 10.9. The molecule has 6 heteroatoms. The lowest BCUT2D eigenvalue weighted by Crippen LogP contribution is -1.93. The molecule has 0 amide bonds. The molecule has 0 saturated heterocycles. The molecule has 0 fully saturated rings. The fourth-order valence-corrected chi connectivity index (χ4v) is 1.24. The molecule has 0 aromatic heterocycles. The Morgan fingerprint density at radius 3 is 2.00 bits per heavy atom. The summed E-state index contributed by atoms with van der Waals surface area (Å²) >= 11 is 3.10. The molecule has 3 N–H and O–H groups in total. The van der Waals surface area contributed by atoms with Crippen LogP contribution in [0.5, 0.6) is 0 Å². The summed E-state index contributed by atoms with van der Waals surface area (Å²) in [6, 6.07) is 0. The Balaban J connectivity index is 0. The molecule has 0 radical (unpaired) electrons. The fraction of sp³-hybridized carbons (Fsp3) is 1.00. The lowest BCUT2D eigenvalue weighted by molar-refractivity contribution is 0.254. The normalized spacial score (nSPS) is 11.5. The summed E-state index contributed by atoms with van der Waals surface area (Å²) in [5.74, 6) is 0. The zero-order chi connectivity index (χ0) is 11.4. The van der Waals surface area contributed by atoms with Gasteiger partial charge < -0.3 is 5.11 Å². The second-order valence-electron chi connectivity index (χ2n) is 2.89. The van der Waals surface area contributed by atoms with Crippen molar-refractivity contribution in [2.24, 2.45) is 0 Å². The molecule has 0 spiro atoms. The van der Waals surface area contributed by atoms with Crippen molar-refractivity contribution in [1.82, 2.24) is 0 Å². The van der Waals surface area contributed by atoms with Crippen LogP contribution in [-0.2, 0) is 4.57 Å². The van der Waals surface area contributed by atoms with Crippen LogP contribution < -0.4 is 0 Å². The molecule has 0 aromatic carbocycles. The first-order valence-corrected chi connectivity index (χ1v) is 6.76. The summed E-state index contributed by atoms with van der Waals surface area (Å²) in [7, 11) is -2.87. The quantitative estimate of drug-likeness (QED) is 0.399. The minimum atomic E-state index is -2.87. The molecule has 1 atom stereocenters. The van der Waals surface area contributed by atoms with Gasteiger partial charge in [0.25, 0.3) is 0 Å². The van der Waals surface area contributed by atoms with Gasteiger partial charge in [0.1, 0.15) is 5.01 Å². The van der Waals surface area contributed by atoms with Crippen LogP contribution >= 0.6 is 24.2 Å². The average molecular weight is 290 g/mol. The van der Waals surface area contributed by atoms with Gasteiger partial charge in [-0.15, -0.1) is 9.79 Å². The Kier molecular flexibility index (Phi) is 16.2. The van der Waals surface area contributed by atoms with Crippen molar-refractivity contribution in [3.63, 3.8) is 0 Å². The van der Waals surface area contributed by atoms with Crippen molar-refractivity contribution < 1.29 is 19.5 Å². The van der Waals surface area contributed by atoms with E-state index in [4.69, 9.17) is 19.5 Å². The van der Waals surface area contributed by atoms with E-state index in [1.54, 1.807) is 0 Å². The molecule has 4 nitrogen and oxygen atoms in total. The summed E-state index contributed by atoms with van der Waals surface area (Å²) in [5, 5.41) is 8.54. The van der Waals surface area contributed by atoms with E-state index in [1.807, 2.05) is 0 Å². The maximum absolute atomic E-state index is 8.83. The number of halogens is 1. The van der Waals surface area contributed by atoms with Crippen LogP contribution in [0.25, 0.3) is 0 Å². The maximum atomic E-state index is 8.83. The molecule has 0 aliphatic carbocycles. The van der Waals surface area contributed by atoms with E-state index >= 15 is 0 Å². The van der Waals surface area contributed by atoms with Crippen molar-refractivity contribution in [2.75, 3.05) is 0 Å². The van der Waals surface area contributed by atoms with Crippen molar-refractivity contribution in [3.8, 4) is 0 Å². The highest BCUT2D eigenvalue weighted by Crippen LogP contribution is 2.09. The van der Waals surface area contributed by atoms with Gasteiger partial charge in [0.05, 0.1) is 0 Å². The van der Waals surface area contributed by atoms with Crippen LogP contribution in [0.4, 0.5) is 0 Å². The van der Waals surface area contributed by atoms with Gasteiger partial charge in [-0.25, -0.2) is 0 Å². The van der Waals surface area contributed by atoms with Crippen molar-refractivity contribution in [2.45, 2.75) is 50.5 Å². The zero-order valence-electron chi connectivity index (χ0n) is 8.40. The van der Waals surface area contributed by atoms with Gasteiger partial charge >= 0.3 is 8.25 Å². The molecule has 14 heavy (non-hydrogen) atoms. The van der Waals surface area contributed by atoms with Gasteiger partial charge in [0, 0.05) is 4.57 Å². The molecule has 1 unspecified atom stereocenters. The first-order valence-electron chi connectivity index (χ1n) is 4.67. The van der Waals surface area contributed by atoms with Gasteiger partial charge in [-0.3, -0.25) is 0 Å². The highest BCUT2D eigenvalue weighted by molar-refractivity contribution is 9.09. The molecule has 0 aliphatic heterocycles. The SMILES string of the molecule is CCCCCCCC(O)Br.O=[P+](O)O. The predicted molar refractivity (Wildman–Crippen MR) is 60.4 cm³/mol. The third-order valence-corrected chi connectivity index (χ3v) is 2.00. The Hall–Kier alpha value is 0.460. The molecule has 0 aliphatic rings. The number of hydrogen-bond donors (Lipinski definition) is 3. The first kappa shape index (κ1) is 16.9. The van der Waals surface area contributed by atoms with Crippen LogP contribution in [-0.4, -0.2) is 19.9 Å². The monoisotopic (exact) mass is 289 g/mol. The largest absolute Gasteiger partial charge is 0.692 e. The number of hydrogen-bond acceptors (Lipinski definition) is 2. The Morgan fingerprint density at radius 2 is 1.64 bits per heavy atom. The van der Waals surface area contributed by atoms with Gasteiger partial charge in [-0.05, 0) is 12.8 Å². The lowest BCUT2D eigenvalue weighted by atomic mass is 10.1. The molecule has 0 aromatic rings. The second kappa shape index (κ2) is 13.5. The van der Waals surface area contributed by atoms with Gasteiger partial charge in [-0.1, -0.05) is 48.5 Å². The third-order valence-electron chi connectivity index (χ3n) is 1.55. The molecule has 0 heterocycles. The topological polar surface area (TPSA) is 77.8 Å². The molecular weight excluding hydrogens is 271 g/mol. The van der Waals surface area contributed by atoms with Crippen molar-refractivity contribution >= 4 is 24.2 Å². The second-order valence-corrected chi connectivity index (χ2v) is 4.45. The summed E-state index contributed by atoms with van der Waals surface area (Å²) in [6.07, 6.45) is 7.23. The number of unbranched alkanes of at least 4 members (excludes halogenated alkanes) is 4. The van der Waals surface area contributed by atoms with Gasteiger partial charge in [0.15, 0.2) is 0 Å². The van der Waals surface area contributed by atoms with Crippen LogP contribution in [0, 0.1) is 0 Å². The smallest absolute Gasteiger partial charge is 0.382 e. The minimum absolute atomic E-state index is 0.283. The Morgan fingerprint density at radius 1 is 1.21 bits per heavy atom. The van der Waals surface area contributed by atoms with Crippen LogP contribution in [0.15, 0.2) is 0 Å². The van der Waals surface area contributed by atoms with Crippen LogP contribution in [0.2, 0.25) is 0 Å². The van der Waals surface area contributed by atoms with Crippen LogP contribution in [0.1, 0.15) is 45.4 Å². The van der Waals surface area contributed by atoms with Gasteiger partial charge in [-0.2, -0.15) is 0 Å². The van der Waals surface area contributed by atoms with E-state index in [0.717, 1.165) is 12.8 Å². The first-order chi connectivity index (χ1) is 6.50. The highest BCUT2D eigenvalue weighted by atomic mass is 79.9. The average Bonchev–Trinajstić information content (AvgIpc) is 2.02. The predicted octanol–water partition coefficient (Wildman–Crippen LogP) is 2.69. The standard InChI is InChI=1S/C8H17BrO.HO3P/c1-2-3-4-5-6-7-8(9)10;1-4(2)3/h8,10H,2-7H2,1H3;(H-,1,2,3)/p+1. The molecular formula is C8H19BrO4P+. The van der Waals surface area contributed by atoms with E-state index in [9.17, 15) is 0 Å². The summed E-state index contributed by atoms with van der Waals surface area (Å²) < 4.78 is 8.70. The molecule has 86 valence electrons. The minimum Gasteiger partial charge on any atom is -0.382 e. The number of aliphatic hydroxyl groups excluding tert-OH is 1. The third kappa shape index (κ3) is 29.4. The Bertz CT molecular complexity index is 129. The van der Waals surface area contributed by atoms with E-state index in [1.165, 1.54) is 25.7 Å². The molecule has 0 saturated carbocycles. The number of alkyl halides is 1. The fourth-order valence-electron chi connectivity index (χ4n) is 0.916. The number of aliphatic hydroxyl groups is 1. The lowest BCUT2D eigenvalue weighted by Gasteiger charge is -2.00. The van der Waals surface area contributed by atoms with Crippen molar-refractivity contribution in [1.29, 1.82) is 0 Å². The number of rotatable bonds is 6. The van der Waals surface area contributed by atoms with E-state index in [-0.39, 0.29) is 5.01 Å². The van der Waals surface area contributed by atoms with E-state index in [2.05, 4.69) is 22.9 Å². The van der Waals surface area contributed by atoms with Crippen LogP contribution in [0.3, 0.4) is 0 Å². The van der Waals surface area contributed by atoms with E-state index in [0.29, 0.717) is 0 Å². The Labute approximate surface area is 94.4 Å². The summed E-state index contributed by atoms with van der Waals surface area (Å²) in [4.78, 5) is 14.2. The van der Waals surface area contributed by atoms with E-state index < -0.39 is 8.25 Å². The highest BCUT2D eigenvalue weighted by Gasteiger charge is 1.95. The molecule has 0 rings (SSSR count). The van der Waals surface area contributed by atoms with Gasteiger partial charge in [0.2, 0.25) is 0 Å². The summed E-state index contributed by atoms with van der Waals surface area (Å²) in [5.41, 5.74) is 0.